The molecular formula is C13H14ClN3OS. The molecular weight excluding hydrogens is 282 g/mol. The predicted molar refractivity (Wildman–Crippen MR) is 80.0 cm³/mol. The van der Waals surface area contributed by atoms with E-state index in [2.05, 4.69) is 5.32 Å². The third kappa shape index (κ3) is 2.29. The van der Waals surface area contributed by atoms with E-state index < -0.39 is 0 Å². The van der Waals surface area contributed by atoms with Gasteiger partial charge >= 0.3 is 0 Å². The fourth-order valence-electron chi connectivity index (χ4n) is 2.26. The topological polar surface area (TPSA) is 58.4 Å². The van der Waals surface area contributed by atoms with Crippen LogP contribution in [0.1, 0.15) is 9.67 Å². The van der Waals surface area contributed by atoms with E-state index in [1.165, 1.54) is 11.3 Å². The van der Waals surface area contributed by atoms with Crippen LogP contribution in [0.25, 0.3) is 10.1 Å². The number of nitrogen functional groups attached to an aromatic ring is 1. The van der Waals surface area contributed by atoms with Crippen LogP contribution in [0.4, 0.5) is 5.69 Å². The van der Waals surface area contributed by atoms with Gasteiger partial charge in [-0.15, -0.1) is 11.3 Å². The van der Waals surface area contributed by atoms with Gasteiger partial charge in [-0.3, -0.25) is 4.79 Å². The van der Waals surface area contributed by atoms with Gasteiger partial charge in [0.15, 0.2) is 0 Å². The molecule has 0 atom stereocenters. The van der Waals surface area contributed by atoms with Crippen LogP contribution in [0.5, 0.6) is 0 Å². The number of benzene rings is 1. The Bertz CT molecular complexity index is 634. The molecule has 4 nitrogen and oxygen atoms in total. The molecule has 1 aromatic heterocycles. The summed E-state index contributed by atoms with van der Waals surface area (Å²) < 4.78 is 1.00. The molecule has 3 N–H and O–H groups in total. The zero-order valence-electron chi connectivity index (χ0n) is 10.3. The van der Waals surface area contributed by atoms with E-state index in [1.807, 2.05) is 23.1 Å². The Morgan fingerprint density at radius 2 is 2.11 bits per heavy atom. The Kier molecular flexibility index (Phi) is 3.35. The molecule has 0 bridgehead atoms. The molecule has 1 fully saturated rings. The van der Waals surface area contributed by atoms with E-state index in [0.29, 0.717) is 15.6 Å². The van der Waals surface area contributed by atoms with Gasteiger partial charge in [0, 0.05) is 41.3 Å². The van der Waals surface area contributed by atoms with Crippen LogP contribution in [0.2, 0.25) is 5.02 Å². The summed E-state index contributed by atoms with van der Waals surface area (Å²) in [6.07, 6.45) is 0. The van der Waals surface area contributed by atoms with Crippen LogP contribution in [0.15, 0.2) is 18.2 Å². The third-order valence-electron chi connectivity index (χ3n) is 3.29. The van der Waals surface area contributed by atoms with E-state index in [0.717, 1.165) is 36.3 Å². The minimum atomic E-state index is 0.0244. The number of amides is 1. The number of thiophene rings is 1. The largest absolute Gasteiger partial charge is 0.397 e. The SMILES string of the molecule is Nc1c(C(=O)N2CCNCC2)sc2ccc(Cl)cc12. The lowest BCUT2D eigenvalue weighted by molar-refractivity contribution is 0.0742. The summed E-state index contributed by atoms with van der Waals surface area (Å²) in [7, 11) is 0. The lowest BCUT2D eigenvalue weighted by Gasteiger charge is -2.27. The van der Waals surface area contributed by atoms with Crippen molar-refractivity contribution in [1.29, 1.82) is 0 Å². The van der Waals surface area contributed by atoms with Crippen molar-refractivity contribution in [2.24, 2.45) is 0 Å². The van der Waals surface area contributed by atoms with Crippen molar-refractivity contribution in [3.63, 3.8) is 0 Å². The van der Waals surface area contributed by atoms with Crippen LogP contribution in [-0.2, 0) is 0 Å². The number of anilines is 1. The van der Waals surface area contributed by atoms with Crippen molar-refractivity contribution in [2.75, 3.05) is 31.9 Å². The van der Waals surface area contributed by atoms with Gasteiger partial charge in [0.25, 0.3) is 5.91 Å². The monoisotopic (exact) mass is 295 g/mol. The van der Waals surface area contributed by atoms with E-state index in [9.17, 15) is 4.79 Å². The average Bonchev–Trinajstić information content (AvgIpc) is 2.76. The fourth-order valence-corrected chi connectivity index (χ4v) is 3.50. The van der Waals surface area contributed by atoms with Gasteiger partial charge in [-0.25, -0.2) is 0 Å². The maximum Gasteiger partial charge on any atom is 0.266 e. The first-order valence-electron chi connectivity index (χ1n) is 6.14. The van der Waals surface area contributed by atoms with Gasteiger partial charge in [-0.2, -0.15) is 0 Å². The molecule has 100 valence electrons. The van der Waals surface area contributed by atoms with E-state index >= 15 is 0 Å². The highest BCUT2D eigenvalue weighted by atomic mass is 35.5. The summed E-state index contributed by atoms with van der Waals surface area (Å²) in [6, 6.07) is 5.55. The molecule has 0 unspecified atom stereocenters. The number of nitrogens with one attached hydrogen (secondary N) is 1. The second-order valence-corrected chi connectivity index (χ2v) is 6.02. The lowest BCUT2D eigenvalue weighted by Crippen LogP contribution is -2.46. The third-order valence-corrected chi connectivity index (χ3v) is 4.70. The molecule has 3 rings (SSSR count). The maximum atomic E-state index is 12.5. The first kappa shape index (κ1) is 12.7. The van der Waals surface area contributed by atoms with Gasteiger partial charge < -0.3 is 16.0 Å². The van der Waals surface area contributed by atoms with Crippen LogP contribution in [0, 0.1) is 0 Å². The number of halogens is 1. The molecule has 0 aliphatic carbocycles. The van der Waals surface area contributed by atoms with Crippen molar-refractivity contribution in [2.45, 2.75) is 0 Å². The van der Waals surface area contributed by atoms with Gasteiger partial charge in [0.2, 0.25) is 0 Å². The number of nitrogens with zero attached hydrogens (tertiary/aromatic N) is 1. The van der Waals surface area contributed by atoms with Gasteiger partial charge in [0.1, 0.15) is 4.88 Å². The summed E-state index contributed by atoms with van der Waals surface area (Å²) in [4.78, 5) is 14.9. The Morgan fingerprint density at radius 1 is 1.37 bits per heavy atom. The number of hydrogen-bond donors (Lipinski definition) is 2. The Hall–Kier alpha value is -1.30. The summed E-state index contributed by atoms with van der Waals surface area (Å²) in [5.74, 6) is 0.0244. The number of piperazine rings is 1. The van der Waals surface area contributed by atoms with Crippen LogP contribution in [-0.4, -0.2) is 37.0 Å². The van der Waals surface area contributed by atoms with Crippen LogP contribution in [0.3, 0.4) is 0 Å². The highest BCUT2D eigenvalue weighted by Gasteiger charge is 2.23. The number of carbonyl (C=O) groups is 1. The first-order valence-corrected chi connectivity index (χ1v) is 7.34. The quantitative estimate of drug-likeness (QED) is 0.848. The van der Waals surface area contributed by atoms with Gasteiger partial charge in [0.05, 0.1) is 5.69 Å². The van der Waals surface area contributed by atoms with Crippen LogP contribution >= 0.6 is 22.9 Å². The summed E-state index contributed by atoms with van der Waals surface area (Å²) >= 11 is 7.41. The Labute approximate surface area is 120 Å². The van der Waals surface area contributed by atoms with Crippen molar-refractivity contribution in [1.82, 2.24) is 10.2 Å². The standard InChI is InChI=1S/C13H14ClN3OS/c14-8-1-2-10-9(7-8)11(15)12(19-10)13(18)17-5-3-16-4-6-17/h1-2,7,16H,3-6,15H2. The van der Waals surface area contributed by atoms with Gasteiger partial charge in [-0.1, -0.05) is 11.6 Å². The minimum absolute atomic E-state index is 0.0244. The number of nitrogens with two attached hydrogens (primary N) is 1. The Morgan fingerprint density at radius 3 is 2.84 bits per heavy atom. The molecule has 1 amide bonds. The van der Waals surface area contributed by atoms with E-state index in [1.54, 1.807) is 0 Å². The lowest BCUT2D eigenvalue weighted by atomic mass is 10.2. The normalized spacial score (nSPS) is 15.9. The molecule has 0 saturated carbocycles. The molecule has 2 heterocycles. The maximum absolute atomic E-state index is 12.5. The van der Waals surface area contributed by atoms with Crippen molar-refractivity contribution < 1.29 is 4.79 Å². The second-order valence-electron chi connectivity index (χ2n) is 4.53. The summed E-state index contributed by atoms with van der Waals surface area (Å²) in [6.45, 7) is 3.13. The number of fused-ring (bicyclic) bond motifs is 1. The van der Waals surface area contributed by atoms with Gasteiger partial charge in [-0.05, 0) is 18.2 Å². The predicted octanol–water partition coefficient (Wildman–Crippen LogP) is 2.18. The minimum Gasteiger partial charge on any atom is -0.397 e. The van der Waals surface area contributed by atoms with Crippen molar-refractivity contribution in [3.8, 4) is 0 Å². The molecule has 19 heavy (non-hydrogen) atoms. The van der Waals surface area contributed by atoms with Crippen molar-refractivity contribution in [3.05, 3.63) is 28.1 Å². The molecule has 0 spiro atoms. The fraction of sp³-hybridized carbons (Fsp3) is 0.308. The molecule has 6 heteroatoms. The molecule has 1 aromatic carbocycles. The number of rotatable bonds is 1. The molecule has 1 aliphatic heterocycles. The number of hydrogen-bond acceptors (Lipinski definition) is 4. The van der Waals surface area contributed by atoms with E-state index in [4.69, 9.17) is 17.3 Å². The highest BCUT2D eigenvalue weighted by Crippen LogP contribution is 2.35. The first-order chi connectivity index (χ1) is 9.16. The van der Waals surface area contributed by atoms with Crippen LogP contribution < -0.4 is 11.1 Å². The molecule has 1 saturated heterocycles. The molecule has 1 aliphatic rings. The van der Waals surface area contributed by atoms with E-state index in [-0.39, 0.29) is 5.91 Å². The zero-order chi connectivity index (χ0) is 13.4. The highest BCUT2D eigenvalue weighted by molar-refractivity contribution is 7.21. The summed E-state index contributed by atoms with van der Waals surface area (Å²) in [5, 5.41) is 4.74. The number of carbonyl (C=O) groups excluding carboxylic acids is 1. The Balaban J connectivity index is 2.00. The zero-order valence-corrected chi connectivity index (χ0v) is 11.9. The molecule has 2 aromatic rings. The molecule has 0 radical (unpaired) electrons. The average molecular weight is 296 g/mol. The smallest absolute Gasteiger partial charge is 0.266 e. The summed E-state index contributed by atoms with van der Waals surface area (Å²) in [5.41, 5.74) is 6.65. The second kappa shape index (κ2) is 5.00. The van der Waals surface area contributed by atoms with Crippen molar-refractivity contribution >= 4 is 44.6 Å².